The smallest absolute Gasteiger partial charge is 0.330 e. The van der Waals surface area contributed by atoms with Crippen molar-refractivity contribution in [2.45, 2.75) is 25.3 Å². The molecular weight excluding hydrogens is 242 g/mol. The Kier molecular flexibility index (Phi) is 3.01. The highest BCUT2D eigenvalue weighted by molar-refractivity contribution is 5.87. The third-order valence-corrected chi connectivity index (χ3v) is 4.07. The van der Waals surface area contributed by atoms with E-state index in [-0.39, 0.29) is 11.8 Å². The van der Waals surface area contributed by atoms with Gasteiger partial charge in [-0.15, -0.1) is 0 Å². The summed E-state index contributed by atoms with van der Waals surface area (Å²) in [6.07, 6.45) is 3.39. The minimum atomic E-state index is -1.01. The van der Waals surface area contributed by atoms with Crippen LogP contribution in [0.15, 0.2) is 30.3 Å². The molecule has 0 aliphatic heterocycles. The molecule has 0 unspecified atom stereocenters. The Morgan fingerprint density at radius 1 is 1.21 bits per heavy atom. The first-order chi connectivity index (χ1) is 9.16. The Morgan fingerprint density at radius 3 is 2.47 bits per heavy atom. The van der Waals surface area contributed by atoms with Crippen LogP contribution in [0.1, 0.15) is 30.9 Å². The van der Waals surface area contributed by atoms with Gasteiger partial charge in [0, 0.05) is 5.92 Å². The van der Waals surface area contributed by atoms with Gasteiger partial charge in [0.15, 0.2) is 6.04 Å². The summed E-state index contributed by atoms with van der Waals surface area (Å²) in [5, 5.41) is 11.9. The summed E-state index contributed by atoms with van der Waals surface area (Å²) in [6, 6.07) is 7.90. The van der Waals surface area contributed by atoms with Gasteiger partial charge in [-0.1, -0.05) is 30.3 Å². The molecule has 2 fully saturated rings. The van der Waals surface area contributed by atoms with Gasteiger partial charge in [0.05, 0.1) is 0 Å². The molecule has 1 aromatic carbocycles. The molecular formula is C15H17NO3. The van der Waals surface area contributed by atoms with E-state index in [4.69, 9.17) is 0 Å². The van der Waals surface area contributed by atoms with Crippen LogP contribution in [0.25, 0.3) is 0 Å². The van der Waals surface area contributed by atoms with E-state index in [1.807, 2.05) is 6.07 Å². The van der Waals surface area contributed by atoms with Gasteiger partial charge in [0.2, 0.25) is 5.91 Å². The summed E-state index contributed by atoms with van der Waals surface area (Å²) < 4.78 is 0. The highest BCUT2D eigenvalue weighted by atomic mass is 16.4. The van der Waals surface area contributed by atoms with Crippen molar-refractivity contribution in [2.75, 3.05) is 0 Å². The van der Waals surface area contributed by atoms with Crippen molar-refractivity contribution in [3.63, 3.8) is 0 Å². The molecule has 2 saturated carbocycles. The molecule has 2 aliphatic rings. The van der Waals surface area contributed by atoms with Crippen LogP contribution in [-0.4, -0.2) is 17.0 Å². The predicted octanol–water partition coefficient (Wildman–Crippen LogP) is 1.97. The lowest BCUT2D eigenvalue weighted by Gasteiger charge is -2.14. The first-order valence-corrected chi connectivity index (χ1v) is 6.75. The molecule has 3 atom stereocenters. The third kappa shape index (κ3) is 2.62. The van der Waals surface area contributed by atoms with Gasteiger partial charge in [-0.2, -0.15) is 0 Å². The van der Waals surface area contributed by atoms with Crippen molar-refractivity contribution in [2.24, 2.45) is 17.8 Å². The summed E-state index contributed by atoms with van der Waals surface area (Å²) in [5.74, 6) is 0.148. The maximum Gasteiger partial charge on any atom is 0.330 e. The fraction of sp³-hybridized carbons (Fsp3) is 0.467. The monoisotopic (exact) mass is 259 g/mol. The standard InChI is InChI=1S/C15H17NO3/c17-14(12-8-11(12)9-6-7-9)16-13(15(18)19)10-4-2-1-3-5-10/h1-5,9,11-13H,6-8H2,(H,16,17)(H,18,19)/t11-,12-,13-/m0/s1. The number of amides is 1. The van der Waals surface area contributed by atoms with Gasteiger partial charge >= 0.3 is 5.97 Å². The van der Waals surface area contributed by atoms with E-state index < -0.39 is 12.0 Å². The van der Waals surface area contributed by atoms with Crippen molar-refractivity contribution in [1.82, 2.24) is 5.32 Å². The highest BCUT2D eigenvalue weighted by Crippen LogP contribution is 2.54. The normalized spacial score (nSPS) is 26.5. The van der Waals surface area contributed by atoms with Crippen LogP contribution in [-0.2, 0) is 9.59 Å². The quantitative estimate of drug-likeness (QED) is 0.849. The van der Waals surface area contributed by atoms with E-state index in [0.29, 0.717) is 11.5 Å². The summed E-state index contributed by atoms with van der Waals surface area (Å²) in [6.45, 7) is 0. The van der Waals surface area contributed by atoms with E-state index in [2.05, 4.69) is 5.32 Å². The van der Waals surface area contributed by atoms with Crippen LogP contribution in [0.3, 0.4) is 0 Å². The molecule has 0 spiro atoms. The SMILES string of the molecule is O=C(O)[C@@H](NC(=O)[C@H]1C[C@H]1C1CC1)c1ccccc1. The fourth-order valence-electron chi connectivity index (χ4n) is 2.74. The summed E-state index contributed by atoms with van der Waals surface area (Å²) in [7, 11) is 0. The second-order valence-corrected chi connectivity index (χ2v) is 5.53. The minimum Gasteiger partial charge on any atom is -0.479 e. The molecule has 0 heterocycles. The number of carbonyl (C=O) groups is 2. The Morgan fingerprint density at radius 2 is 1.89 bits per heavy atom. The third-order valence-electron chi connectivity index (χ3n) is 4.07. The van der Waals surface area contributed by atoms with E-state index >= 15 is 0 Å². The maximum absolute atomic E-state index is 12.1. The first-order valence-electron chi connectivity index (χ1n) is 6.75. The topological polar surface area (TPSA) is 66.4 Å². The van der Waals surface area contributed by atoms with E-state index in [0.717, 1.165) is 12.3 Å². The largest absolute Gasteiger partial charge is 0.479 e. The number of carboxylic acid groups (broad SMARTS) is 1. The maximum atomic E-state index is 12.1. The van der Waals surface area contributed by atoms with Crippen molar-refractivity contribution < 1.29 is 14.7 Å². The molecule has 2 N–H and O–H groups in total. The predicted molar refractivity (Wildman–Crippen MR) is 69.3 cm³/mol. The number of carboxylic acids is 1. The second-order valence-electron chi connectivity index (χ2n) is 5.53. The van der Waals surface area contributed by atoms with Gasteiger partial charge in [-0.3, -0.25) is 4.79 Å². The highest BCUT2D eigenvalue weighted by Gasteiger charge is 2.51. The summed E-state index contributed by atoms with van der Waals surface area (Å²) >= 11 is 0. The number of aliphatic carboxylic acids is 1. The molecule has 19 heavy (non-hydrogen) atoms. The summed E-state index contributed by atoms with van der Waals surface area (Å²) in [5.41, 5.74) is 0.618. The number of rotatable bonds is 5. The van der Waals surface area contributed by atoms with Crippen LogP contribution >= 0.6 is 0 Å². The van der Waals surface area contributed by atoms with Crippen molar-refractivity contribution in [1.29, 1.82) is 0 Å². The van der Waals surface area contributed by atoms with Gasteiger partial charge in [0.1, 0.15) is 0 Å². The molecule has 0 aromatic heterocycles. The molecule has 0 saturated heterocycles. The van der Waals surface area contributed by atoms with Gasteiger partial charge in [-0.05, 0) is 36.7 Å². The van der Waals surface area contributed by atoms with E-state index in [9.17, 15) is 14.7 Å². The second kappa shape index (κ2) is 4.68. The fourth-order valence-corrected chi connectivity index (χ4v) is 2.74. The number of nitrogens with one attached hydrogen (secondary N) is 1. The van der Waals surface area contributed by atoms with Crippen LogP contribution in [0.5, 0.6) is 0 Å². The van der Waals surface area contributed by atoms with Crippen molar-refractivity contribution in [3.8, 4) is 0 Å². The Hall–Kier alpha value is -1.84. The summed E-state index contributed by atoms with van der Waals surface area (Å²) in [4.78, 5) is 23.4. The van der Waals surface area contributed by atoms with Crippen molar-refractivity contribution >= 4 is 11.9 Å². The number of carbonyl (C=O) groups excluding carboxylic acids is 1. The molecule has 0 bridgehead atoms. The first kappa shape index (κ1) is 12.2. The molecule has 4 nitrogen and oxygen atoms in total. The molecule has 1 aromatic rings. The molecule has 0 radical (unpaired) electrons. The molecule has 3 rings (SSSR count). The van der Waals surface area contributed by atoms with Gasteiger partial charge in [-0.25, -0.2) is 4.79 Å². The Labute approximate surface area is 111 Å². The number of hydrogen-bond donors (Lipinski definition) is 2. The number of benzene rings is 1. The lowest BCUT2D eigenvalue weighted by Crippen LogP contribution is -2.35. The average Bonchev–Trinajstić information content (AvgIpc) is 3.28. The zero-order valence-corrected chi connectivity index (χ0v) is 10.6. The van der Waals surface area contributed by atoms with Crippen LogP contribution in [0.4, 0.5) is 0 Å². The molecule has 2 aliphatic carbocycles. The van der Waals surface area contributed by atoms with Crippen molar-refractivity contribution in [3.05, 3.63) is 35.9 Å². The lowest BCUT2D eigenvalue weighted by atomic mass is 10.1. The molecule has 100 valence electrons. The Bertz CT molecular complexity index is 495. The van der Waals surface area contributed by atoms with E-state index in [1.54, 1.807) is 24.3 Å². The number of hydrogen-bond acceptors (Lipinski definition) is 2. The molecule has 1 amide bonds. The van der Waals surface area contributed by atoms with Gasteiger partial charge < -0.3 is 10.4 Å². The lowest BCUT2D eigenvalue weighted by molar-refractivity contribution is -0.142. The molecule has 4 heteroatoms. The van der Waals surface area contributed by atoms with Crippen LogP contribution in [0.2, 0.25) is 0 Å². The van der Waals surface area contributed by atoms with Crippen LogP contribution in [0, 0.1) is 17.8 Å². The van der Waals surface area contributed by atoms with Gasteiger partial charge in [0.25, 0.3) is 0 Å². The minimum absolute atomic E-state index is 0.0399. The average molecular weight is 259 g/mol. The zero-order chi connectivity index (χ0) is 13.4. The van der Waals surface area contributed by atoms with Crippen LogP contribution < -0.4 is 5.32 Å². The Balaban J connectivity index is 1.65. The zero-order valence-electron chi connectivity index (χ0n) is 10.6. The van der Waals surface area contributed by atoms with E-state index in [1.165, 1.54) is 12.8 Å².